The Labute approximate surface area is 129 Å². The average Bonchev–Trinajstić information content (AvgIpc) is 2.79. The number of carbonyl (C=O) groups is 1. The molecule has 1 fully saturated rings. The number of nitrogens with one attached hydrogen (secondary N) is 2. The molecule has 0 spiro atoms. The zero-order valence-electron chi connectivity index (χ0n) is 12.6. The summed E-state index contributed by atoms with van der Waals surface area (Å²) < 4.78 is 1.13. The maximum atomic E-state index is 12.2. The fourth-order valence-corrected chi connectivity index (χ4v) is 3.41. The van der Waals surface area contributed by atoms with Crippen LogP contribution in [0.15, 0.2) is 18.2 Å². The number of thiazole rings is 1. The number of hydrogen-bond donors (Lipinski definition) is 2. The van der Waals surface area contributed by atoms with E-state index in [2.05, 4.69) is 29.5 Å². The van der Waals surface area contributed by atoms with E-state index in [1.807, 2.05) is 25.1 Å². The number of carbonyl (C=O) groups excluding carboxylic acids is 1. The molecule has 1 amide bonds. The number of amides is 1. The van der Waals surface area contributed by atoms with Gasteiger partial charge in [0.15, 0.2) is 0 Å². The average molecular weight is 303 g/mol. The van der Waals surface area contributed by atoms with Crippen molar-refractivity contribution >= 4 is 33.1 Å². The molecule has 1 unspecified atom stereocenters. The highest BCUT2D eigenvalue weighted by molar-refractivity contribution is 7.18. The predicted molar refractivity (Wildman–Crippen MR) is 87.9 cm³/mol. The van der Waals surface area contributed by atoms with Crippen LogP contribution in [0.2, 0.25) is 0 Å². The first kappa shape index (κ1) is 14.5. The molecule has 1 atom stereocenters. The van der Waals surface area contributed by atoms with Crippen LogP contribution < -0.4 is 10.6 Å². The predicted octanol–water partition coefficient (Wildman–Crippen LogP) is 3.21. The zero-order chi connectivity index (χ0) is 15.0. The standard InChI is InChI=1S/C16H21N3OS/c1-9(2)16-19-13-5-4-12(6-14(13)21-16)18-15(20)10(3)11-7-17-8-11/h4-6,9-11,17H,7-8H2,1-3H3,(H,18,20). The van der Waals surface area contributed by atoms with Gasteiger partial charge in [-0.2, -0.15) is 0 Å². The molecule has 0 bridgehead atoms. The molecule has 0 aliphatic carbocycles. The summed E-state index contributed by atoms with van der Waals surface area (Å²) in [7, 11) is 0. The van der Waals surface area contributed by atoms with Crippen molar-refractivity contribution in [1.29, 1.82) is 0 Å². The first-order valence-electron chi connectivity index (χ1n) is 7.46. The first-order chi connectivity index (χ1) is 10.0. The minimum atomic E-state index is 0.0506. The van der Waals surface area contributed by atoms with Crippen LogP contribution in [0.1, 0.15) is 31.7 Å². The zero-order valence-corrected chi connectivity index (χ0v) is 13.5. The van der Waals surface area contributed by atoms with Gasteiger partial charge in [0.25, 0.3) is 0 Å². The maximum Gasteiger partial charge on any atom is 0.227 e. The molecular formula is C16H21N3OS. The van der Waals surface area contributed by atoms with Crippen LogP contribution in [-0.2, 0) is 4.79 Å². The lowest BCUT2D eigenvalue weighted by molar-refractivity contribution is -0.121. The second kappa shape index (κ2) is 5.73. The molecule has 0 radical (unpaired) electrons. The van der Waals surface area contributed by atoms with E-state index in [1.54, 1.807) is 11.3 Å². The molecule has 112 valence electrons. The molecule has 2 aromatic rings. The Balaban J connectivity index is 1.75. The highest BCUT2D eigenvalue weighted by Crippen LogP contribution is 2.29. The summed E-state index contributed by atoms with van der Waals surface area (Å²) in [5.74, 6) is 1.06. The van der Waals surface area contributed by atoms with Gasteiger partial charge in [-0.1, -0.05) is 20.8 Å². The van der Waals surface area contributed by atoms with Gasteiger partial charge in [-0.25, -0.2) is 4.98 Å². The highest BCUT2D eigenvalue weighted by atomic mass is 32.1. The lowest BCUT2D eigenvalue weighted by atomic mass is 9.88. The number of benzene rings is 1. The smallest absolute Gasteiger partial charge is 0.227 e. The fraction of sp³-hybridized carbons (Fsp3) is 0.500. The minimum Gasteiger partial charge on any atom is -0.326 e. The van der Waals surface area contributed by atoms with Crippen LogP contribution in [0.25, 0.3) is 10.2 Å². The van der Waals surface area contributed by atoms with Gasteiger partial charge in [-0.3, -0.25) is 4.79 Å². The van der Waals surface area contributed by atoms with E-state index in [-0.39, 0.29) is 11.8 Å². The number of nitrogens with zero attached hydrogens (tertiary/aromatic N) is 1. The number of anilines is 1. The van der Waals surface area contributed by atoms with Gasteiger partial charge in [0, 0.05) is 17.5 Å². The van der Waals surface area contributed by atoms with Crippen molar-refractivity contribution in [3.63, 3.8) is 0 Å². The summed E-state index contributed by atoms with van der Waals surface area (Å²) >= 11 is 1.70. The Bertz CT molecular complexity index is 661. The van der Waals surface area contributed by atoms with Gasteiger partial charge in [0.1, 0.15) is 0 Å². The van der Waals surface area contributed by atoms with Crippen molar-refractivity contribution in [3.8, 4) is 0 Å². The molecule has 21 heavy (non-hydrogen) atoms. The molecule has 5 heteroatoms. The van der Waals surface area contributed by atoms with Gasteiger partial charge >= 0.3 is 0 Å². The third kappa shape index (κ3) is 2.94. The minimum absolute atomic E-state index is 0.0506. The third-order valence-electron chi connectivity index (χ3n) is 4.10. The van der Waals surface area contributed by atoms with Gasteiger partial charge < -0.3 is 10.6 Å². The van der Waals surface area contributed by atoms with Gasteiger partial charge in [0.2, 0.25) is 5.91 Å². The van der Waals surface area contributed by atoms with Crippen LogP contribution in [-0.4, -0.2) is 24.0 Å². The van der Waals surface area contributed by atoms with Crippen molar-refractivity contribution in [3.05, 3.63) is 23.2 Å². The molecule has 3 rings (SSSR count). The maximum absolute atomic E-state index is 12.2. The summed E-state index contributed by atoms with van der Waals surface area (Å²) in [4.78, 5) is 16.9. The Morgan fingerprint density at radius 3 is 2.76 bits per heavy atom. The monoisotopic (exact) mass is 303 g/mol. The largest absolute Gasteiger partial charge is 0.326 e. The van der Waals surface area contributed by atoms with Crippen molar-refractivity contribution < 1.29 is 4.79 Å². The lowest BCUT2D eigenvalue weighted by Crippen LogP contribution is -2.48. The van der Waals surface area contributed by atoms with Crippen molar-refractivity contribution in [2.75, 3.05) is 18.4 Å². The van der Waals surface area contributed by atoms with Gasteiger partial charge in [0.05, 0.1) is 15.2 Å². The first-order valence-corrected chi connectivity index (χ1v) is 8.28. The van der Waals surface area contributed by atoms with Crippen molar-refractivity contribution in [2.45, 2.75) is 26.7 Å². The van der Waals surface area contributed by atoms with E-state index in [1.165, 1.54) is 0 Å². The summed E-state index contributed by atoms with van der Waals surface area (Å²) in [6, 6.07) is 5.96. The highest BCUT2D eigenvalue weighted by Gasteiger charge is 2.28. The molecule has 1 aromatic heterocycles. The van der Waals surface area contributed by atoms with Crippen LogP contribution in [0.3, 0.4) is 0 Å². The van der Waals surface area contributed by atoms with Crippen LogP contribution >= 0.6 is 11.3 Å². The number of hydrogen-bond acceptors (Lipinski definition) is 4. The second-order valence-electron chi connectivity index (χ2n) is 6.09. The van der Waals surface area contributed by atoms with E-state index in [0.717, 1.165) is 34.0 Å². The van der Waals surface area contributed by atoms with Crippen LogP contribution in [0, 0.1) is 11.8 Å². The summed E-state index contributed by atoms with van der Waals surface area (Å²) in [6.45, 7) is 8.19. The Kier molecular flexibility index (Phi) is 3.95. The van der Waals surface area contributed by atoms with Gasteiger partial charge in [-0.05, 0) is 37.2 Å². The Morgan fingerprint density at radius 2 is 2.14 bits per heavy atom. The van der Waals surface area contributed by atoms with E-state index in [4.69, 9.17) is 0 Å². The lowest BCUT2D eigenvalue weighted by Gasteiger charge is -2.31. The number of fused-ring (bicyclic) bond motifs is 1. The molecule has 4 nitrogen and oxygen atoms in total. The summed E-state index contributed by atoms with van der Waals surface area (Å²) in [5.41, 5.74) is 1.88. The number of aromatic nitrogens is 1. The van der Waals surface area contributed by atoms with Crippen molar-refractivity contribution in [2.24, 2.45) is 11.8 Å². The summed E-state index contributed by atoms with van der Waals surface area (Å²) in [5, 5.41) is 7.39. The topological polar surface area (TPSA) is 54.0 Å². The van der Waals surface area contributed by atoms with E-state index in [9.17, 15) is 4.79 Å². The normalized spacial score (nSPS) is 17.0. The van der Waals surface area contributed by atoms with Crippen LogP contribution in [0.5, 0.6) is 0 Å². The molecular weight excluding hydrogens is 282 g/mol. The van der Waals surface area contributed by atoms with Crippen LogP contribution in [0.4, 0.5) is 5.69 Å². The summed E-state index contributed by atoms with van der Waals surface area (Å²) in [6.07, 6.45) is 0. The molecule has 2 N–H and O–H groups in total. The number of rotatable bonds is 4. The quantitative estimate of drug-likeness (QED) is 0.912. The molecule has 0 saturated carbocycles. The van der Waals surface area contributed by atoms with Gasteiger partial charge in [-0.15, -0.1) is 11.3 Å². The molecule has 1 aliphatic rings. The Morgan fingerprint density at radius 1 is 1.38 bits per heavy atom. The second-order valence-corrected chi connectivity index (χ2v) is 7.15. The SMILES string of the molecule is CC(C)c1nc2ccc(NC(=O)C(C)C3CNC3)cc2s1. The van der Waals surface area contributed by atoms with E-state index < -0.39 is 0 Å². The third-order valence-corrected chi connectivity index (χ3v) is 5.42. The van der Waals surface area contributed by atoms with E-state index in [0.29, 0.717) is 11.8 Å². The van der Waals surface area contributed by atoms with E-state index >= 15 is 0 Å². The Hall–Kier alpha value is -1.46. The molecule has 1 saturated heterocycles. The van der Waals surface area contributed by atoms with Crippen molar-refractivity contribution in [1.82, 2.24) is 10.3 Å². The molecule has 1 aliphatic heterocycles. The fourth-order valence-electron chi connectivity index (χ4n) is 2.40. The molecule has 2 heterocycles. The molecule has 1 aromatic carbocycles.